The molecule has 0 saturated carbocycles. The summed E-state index contributed by atoms with van der Waals surface area (Å²) in [6, 6.07) is 0.716. The summed E-state index contributed by atoms with van der Waals surface area (Å²) in [4.78, 5) is 38.1. The lowest BCUT2D eigenvalue weighted by atomic mass is 9.77. The molecule has 2 aliphatic rings. The summed E-state index contributed by atoms with van der Waals surface area (Å²) >= 11 is 0. The quantitative estimate of drug-likeness (QED) is 0.154. The maximum Gasteiger partial charge on any atom is 0.339 e. The monoisotopic (exact) mass is 492 g/mol. The van der Waals surface area contributed by atoms with Crippen LogP contribution in [0, 0.1) is 6.92 Å². The third-order valence-electron chi connectivity index (χ3n) is 6.33. The summed E-state index contributed by atoms with van der Waals surface area (Å²) in [6.07, 6.45) is -9.12. The molecule has 1 heterocycles. The highest BCUT2D eigenvalue weighted by Gasteiger charge is 2.48. The van der Waals surface area contributed by atoms with Crippen molar-refractivity contribution < 1.29 is 65.1 Å². The number of carboxylic acid groups (broad SMARTS) is 1. The number of aliphatic hydroxyl groups excluding tert-OH is 4. The van der Waals surface area contributed by atoms with Crippen molar-refractivity contribution in [1.29, 1.82) is 0 Å². The summed E-state index contributed by atoms with van der Waals surface area (Å²) in [5.74, 6) is -8.24. The molecule has 0 aromatic heterocycles. The second-order valence-electron chi connectivity index (χ2n) is 8.24. The molecule has 0 unspecified atom stereocenters. The van der Waals surface area contributed by atoms with Crippen molar-refractivity contribution in [3.8, 4) is 23.0 Å². The van der Waals surface area contributed by atoms with Gasteiger partial charge < -0.3 is 50.7 Å². The number of fused-ring (bicyclic) bond motifs is 2. The van der Waals surface area contributed by atoms with Crippen molar-refractivity contribution >= 4 is 17.5 Å². The highest BCUT2D eigenvalue weighted by molar-refractivity contribution is 6.31. The van der Waals surface area contributed by atoms with Crippen LogP contribution in [0.25, 0.3) is 0 Å². The molecule has 0 bridgehead atoms. The van der Waals surface area contributed by atoms with E-state index in [1.165, 1.54) is 0 Å². The topological polar surface area (TPSA) is 243 Å². The first-order chi connectivity index (χ1) is 16.3. The van der Waals surface area contributed by atoms with Gasteiger partial charge in [0.15, 0.2) is 23.1 Å². The molecule has 186 valence electrons. The number of rotatable bonds is 3. The summed E-state index contributed by atoms with van der Waals surface area (Å²) in [6.45, 7) is 0.291. The predicted octanol–water partition coefficient (Wildman–Crippen LogP) is -1.19. The Bertz CT molecular complexity index is 1300. The molecule has 1 saturated heterocycles. The molecule has 1 fully saturated rings. The Morgan fingerprint density at radius 1 is 0.886 bits per heavy atom. The molecular formula is C22H20O13. The van der Waals surface area contributed by atoms with Crippen LogP contribution in [0.15, 0.2) is 6.07 Å². The molecule has 0 spiro atoms. The van der Waals surface area contributed by atoms with Crippen LogP contribution >= 0.6 is 0 Å². The van der Waals surface area contributed by atoms with Crippen LogP contribution in [-0.4, -0.2) is 94.5 Å². The van der Waals surface area contributed by atoms with Gasteiger partial charge >= 0.3 is 5.97 Å². The molecule has 4 rings (SSSR count). The predicted molar refractivity (Wildman–Crippen MR) is 111 cm³/mol. The van der Waals surface area contributed by atoms with Crippen molar-refractivity contribution in [3.63, 3.8) is 0 Å². The number of carboxylic acids is 1. The highest BCUT2D eigenvalue weighted by atomic mass is 16.5. The van der Waals surface area contributed by atoms with Crippen LogP contribution in [0.4, 0.5) is 0 Å². The number of ketones is 2. The molecule has 9 N–H and O–H groups in total. The number of aliphatic hydroxyl groups is 4. The van der Waals surface area contributed by atoms with Crippen LogP contribution in [0.1, 0.15) is 59.4 Å². The zero-order valence-electron chi connectivity index (χ0n) is 17.8. The number of phenolic OH excluding ortho intramolecular Hbond substituents is 3. The number of aromatic carboxylic acids is 1. The van der Waals surface area contributed by atoms with E-state index in [2.05, 4.69) is 0 Å². The van der Waals surface area contributed by atoms with Crippen molar-refractivity contribution in [2.75, 3.05) is 6.61 Å². The highest BCUT2D eigenvalue weighted by Crippen LogP contribution is 2.52. The Morgan fingerprint density at radius 2 is 1.49 bits per heavy atom. The second kappa shape index (κ2) is 8.18. The van der Waals surface area contributed by atoms with E-state index in [-0.39, 0.29) is 5.56 Å². The number of ether oxygens (including phenoxy) is 1. The Balaban J connectivity index is 1.99. The van der Waals surface area contributed by atoms with E-state index in [1.54, 1.807) is 0 Å². The maximum atomic E-state index is 13.4. The van der Waals surface area contributed by atoms with E-state index in [1.807, 2.05) is 0 Å². The number of phenols is 4. The third kappa shape index (κ3) is 3.25. The summed E-state index contributed by atoms with van der Waals surface area (Å²) in [5.41, 5.74) is -4.49. The fraction of sp³-hybridized carbons (Fsp3) is 0.318. The standard InChI is InChI=1S/C22H20O13/c1-4-8-5(2-6(24)9(4)22(33)34)13(25)10-11(15(8)27)16(28)12(18(30)17(10)29)21-20(32)19(31)14(26)7(3-23)35-21/h2,7,14,19-21,23-24,26,28-32H,3H2,1H3,(H,33,34)/t7-,14-,19+,20-,21+/m0/s1. The van der Waals surface area contributed by atoms with Gasteiger partial charge in [-0.2, -0.15) is 0 Å². The minimum atomic E-state index is -2.03. The minimum Gasteiger partial charge on any atom is -0.507 e. The average molecular weight is 492 g/mol. The summed E-state index contributed by atoms with van der Waals surface area (Å²) in [7, 11) is 0. The Labute approximate surface area is 195 Å². The second-order valence-corrected chi connectivity index (χ2v) is 8.24. The van der Waals surface area contributed by atoms with E-state index in [0.29, 0.717) is 6.07 Å². The largest absolute Gasteiger partial charge is 0.507 e. The zero-order chi connectivity index (χ0) is 26.1. The van der Waals surface area contributed by atoms with Crippen molar-refractivity contribution in [3.05, 3.63) is 45.0 Å². The van der Waals surface area contributed by atoms with Gasteiger partial charge in [-0.1, -0.05) is 0 Å². The molecule has 13 heteroatoms. The molecule has 0 amide bonds. The van der Waals surface area contributed by atoms with Crippen LogP contribution in [0.2, 0.25) is 0 Å². The molecule has 2 aromatic rings. The Morgan fingerprint density at radius 3 is 2.06 bits per heavy atom. The Hall–Kier alpha value is -3.75. The molecular weight excluding hydrogens is 472 g/mol. The number of carbonyl (C=O) groups is 3. The van der Waals surface area contributed by atoms with E-state index in [0.717, 1.165) is 6.92 Å². The van der Waals surface area contributed by atoms with E-state index in [4.69, 9.17) is 4.74 Å². The van der Waals surface area contributed by atoms with Crippen LogP contribution in [-0.2, 0) is 4.74 Å². The lowest BCUT2D eigenvalue weighted by molar-refractivity contribution is -0.232. The van der Waals surface area contributed by atoms with E-state index in [9.17, 15) is 60.3 Å². The number of benzene rings is 2. The van der Waals surface area contributed by atoms with Gasteiger partial charge in [0.2, 0.25) is 0 Å². The van der Waals surface area contributed by atoms with Crippen molar-refractivity contribution in [2.45, 2.75) is 37.4 Å². The average Bonchev–Trinajstić information content (AvgIpc) is 2.79. The van der Waals surface area contributed by atoms with Crippen molar-refractivity contribution in [1.82, 2.24) is 0 Å². The molecule has 5 atom stereocenters. The summed E-state index contributed by atoms with van der Waals surface area (Å²) < 4.78 is 5.30. The number of carbonyl (C=O) groups excluding carboxylic acids is 2. The molecule has 1 aliphatic heterocycles. The Kier molecular flexibility index (Phi) is 5.70. The third-order valence-corrected chi connectivity index (χ3v) is 6.33. The van der Waals surface area contributed by atoms with E-state index < -0.39 is 111 Å². The van der Waals surface area contributed by atoms with Gasteiger partial charge in [0.25, 0.3) is 0 Å². The lowest BCUT2D eigenvalue weighted by Gasteiger charge is -2.40. The minimum absolute atomic E-state index is 0.308. The van der Waals surface area contributed by atoms with Crippen LogP contribution in [0.3, 0.4) is 0 Å². The van der Waals surface area contributed by atoms with Crippen LogP contribution in [0.5, 0.6) is 23.0 Å². The number of hydrogen-bond acceptors (Lipinski definition) is 12. The van der Waals surface area contributed by atoms with Gasteiger partial charge in [0.05, 0.1) is 23.3 Å². The lowest BCUT2D eigenvalue weighted by Crippen LogP contribution is -2.55. The SMILES string of the molecule is Cc1c(C(=O)O)c(O)cc2c1C(=O)c1c(O)c([C@H]3O[C@@H](CO)[C@H](O)[C@@H](O)[C@@H]3O)c(O)c(O)c1C2=O. The molecule has 13 nitrogen and oxygen atoms in total. The molecule has 0 radical (unpaired) electrons. The maximum absolute atomic E-state index is 13.4. The summed E-state index contributed by atoms with van der Waals surface area (Å²) in [5, 5.41) is 91.5. The molecule has 35 heavy (non-hydrogen) atoms. The van der Waals surface area contributed by atoms with E-state index >= 15 is 0 Å². The first-order valence-corrected chi connectivity index (χ1v) is 10.2. The van der Waals surface area contributed by atoms with Gasteiger partial charge in [0.1, 0.15) is 47.6 Å². The fourth-order valence-electron chi connectivity index (χ4n) is 4.58. The molecule has 2 aromatic carbocycles. The first-order valence-electron chi connectivity index (χ1n) is 10.2. The van der Waals surface area contributed by atoms with Gasteiger partial charge in [-0.3, -0.25) is 9.59 Å². The smallest absolute Gasteiger partial charge is 0.339 e. The molecule has 1 aliphatic carbocycles. The van der Waals surface area contributed by atoms with Gasteiger partial charge in [0, 0.05) is 11.1 Å². The zero-order valence-corrected chi connectivity index (χ0v) is 17.8. The van der Waals surface area contributed by atoms with Gasteiger partial charge in [-0.15, -0.1) is 0 Å². The first kappa shape index (κ1) is 24.4. The normalized spacial score (nSPS) is 25.8. The number of hydrogen-bond donors (Lipinski definition) is 9. The van der Waals surface area contributed by atoms with Gasteiger partial charge in [-0.25, -0.2) is 4.79 Å². The fourth-order valence-corrected chi connectivity index (χ4v) is 4.58. The van der Waals surface area contributed by atoms with Crippen molar-refractivity contribution in [2.24, 2.45) is 0 Å². The number of aromatic hydroxyl groups is 4. The van der Waals surface area contributed by atoms with Gasteiger partial charge in [-0.05, 0) is 18.6 Å². The van der Waals surface area contributed by atoms with Crippen LogP contribution < -0.4 is 0 Å².